The third kappa shape index (κ3) is 3.02. The molecule has 3 aromatic rings. The average molecular weight is 341 g/mol. The number of hydrogen-bond donors (Lipinski definition) is 1. The number of rotatable bonds is 5. The molecule has 1 aliphatic carbocycles. The maximum atomic E-state index is 12.7. The van der Waals surface area contributed by atoms with Gasteiger partial charge in [0, 0.05) is 17.8 Å². The van der Waals surface area contributed by atoms with E-state index in [4.69, 9.17) is 0 Å². The molecule has 0 spiro atoms. The summed E-state index contributed by atoms with van der Waals surface area (Å²) in [4.78, 5) is 16.7. The van der Waals surface area contributed by atoms with E-state index in [0.29, 0.717) is 0 Å². The number of hydrazone groups is 1. The van der Waals surface area contributed by atoms with E-state index in [0.717, 1.165) is 12.0 Å². The van der Waals surface area contributed by atoms with Gasteiger partial charge in [-0.05, 0) is 35.2 Å². The molecular weight excluding hydrogens is 322 g/mol. The predicted molar refractivity (Wildman–Crippen MR) is 102 cm³/mol. The second kappa shape index (κ2) is 6.92. The quantitative estimate of drug-likeness (QED) is 0.570. The molecule has 128 valence electrons. The normalized spacial score (nSPS) is 17.8. The molecule has 4 nitrogen and oxygen atoms in total. The SMILES string of the molecule is O=C(N/N=C/c1ccncc1)[C@H]1CC1(c1ccccc1)c1ccccc1. The van der Waals surface area contributed by atoms with Gasteiger partial charge in [-0.15, -0.1) is 0 Å². The molecule has 1 amide bonds. The Bertz CT molecular complexity index is 868. The maximum Gasteiger partial charge on any atom is 0.244 e. The van der Waals surface area contributed by atoms with E-state index in [9.17, 15) is 4.79 Å². The van der Waals surface area contributed by atoms with Crippen LogP contribution in [0.1, 0.15) is 23.1 Å². The summed E-state index contributed by atoms with van der Waals surface area (Å²) in [6, 6.07) is 24.2. The number of carbonyl (C=O) groups excluding carboxylic acids is 1. The second-order valence-corrected chi connectivity index (χ2v) is 6.47. The van der Waals surface area contributed by atoms with Crippen molar-refractivity contribution in [1.29, 1.82) is 0 Å². The summed E-state index contributed by atoms with van der Waals surface area (Å²) in [5.41, 5.74) is 5.67. The summed E-state index contributed by atoms with van der Waals surface area (Å²) in [5.74, 6) is -0.176. The Kier molecular flexibility index (Phi) is 4.32. The first kappa shape index (κ1) is 16.2. The van der Waals surface area contributed by atoms with Crippen LogP contribution in [0.4, 0.5) is 0 Å². The number of carbonyl (C=O) groups is 1. The lowest BCUT2D eigenvalue weighted by Crippen LogP contribution is -2.25. The van der Waals surface area contributed by atoms with E-state index in [1.807, 2.05) is 48.5 Å². The average Bonchev–Trinajstić information content (AvgIpc) is 3.47. The highest BCUT2D eigenvalue weighted by Crippen LogP contribution is 2.58. The molecule has 0 aliphatic heterocycles. The monoisotopic (exact) mass is 341 g/mol. The van der Waals surface area contributed by atoms with Crippen molar-refractivity contribution in [2.24, 2.45) is 11.0 Å². The zero-order valence-corrected chi connectivity index (χ0v) is 14.2. The van der Waals surface area contributed by atoms with Gasteiger partial charge < -0.3 is 0 Å². The Hall–Kier alpha value is -3.27. The predicted octanol–water partition coefficient (Wildman–Crippen LogP) is 3.54. The molecule has 4 heteroatoms. The third-order valence-electron chi connectivity index (χ3n) is 4.95. The van der Waals surface area contributed by atoms with Crippen LogP contribution in [0.15, 0.2) is 90.3 Å². The van der Waals surface area contributed by atoms with Crippen LogP contribution in [0.2, 0.25) is 0 Å². The lowest BCUT2D eigenvalue weighted by molar-refractivity contribution is -0.122. The van der Waals surface area contributed by atoms with Crippen LogP contribution in [0.25, 0.3) is 0 Å². The molecule has 1 aromatic heterocycles. The van der Waals surface area contributed by atoms with E-state index >= 15 is 0 Å². The zero-order chi connectivity index (χ0) is 17.8. The van der Waals surface area contributed by atoms with E-state index in [2.05, 4.69) is 39.8 Å². The van der Waals surface area contributed by atoms with Crippen molar-refractivity contribution in [2.75, 3.05) is 0 Å². The lowest BCUT2D eigenvalue weighted by Gasteiger charge is -2.18. The number of amides is 1. The first-order valence-corrected chi connectivity index (χ1v) is 8.65. The topological polar surface area (TPSA) is 54.4 Å². The Morgan fingerprint density at radius 3 is 2.12 bits per heavy atom. The Balaban J connectivity index is 1.55. The standard InChI is InChI=1S/C22H19N3O/c26-21(25-24-16-17-11-13-23-14-12-17)20-15-22(20,18-7-3-1-4-8-18)19-9-5-2-6-10-19/h1-14,16,20H,15H2,(H,25,26)/b24-16+/t20-/m1/s1. The van der Waals surface area contributed by atoms with Crippen LogP contribution in [0, 0.1) is 5.92 Å². The Morgan fingerprint density at radius 2 is 1.54 bits per heavy atom. The summed E-state index contributed by atoms with van der Waals surface area (Å²) >= 11 is 0. The second-order valence-electron chi connectivity index (χ2n) is 6.47. The molecule has 1 heterocycles. The van der Waals surface area contributed by atoms with Gasteiger partial charge in [-0.1, -0.05) is 60.7 Å². The minimum Gasteiger partial charge on any atom is -0.273 e. The van der Waals surface area contributed by atoms with Gasteiger partial charge in [0.05, 0.1) is 12.1 Å². The summed E-state index contributed by atoms with van der Waals surface area (Å²) in [5, 5.41) is 4.10. The van der Waals surface area contributed by atoms with Gasteiger partial charge in [-0.2, -0.15) is 5.10 Å². The minimum atomic E-state index is -0.265. The lowest BCUT2D eigenvalue weighted by atomic mass is 9.85. The van der Waals surface area contributed by atoms with Crippen LogP contribution in [-0.2, 0) is 10.2 Å². The molecule has 0 unspecified atom stereocenters. The van der Waals surface area contributed by atoms with Crippen molar-refractivity contribution in [3.63, 3.8) is 0 Å². The fourth-order valence-corrected chi connectivity index (χ4v) is 3.55. The summed E-state index contributed by atoms with van der Waals surface area (Å²) in [6.07, 6.45) is 5.81. The van der Waals surface area contributed by atoms with Crippen molar-refractivity contribution < 1.29 is 4.79 Å². The number of benzene rings is 2. The van der Waals surface area contributed by atoms with Crippen LogP contribution < -0.4 is 5.43 Å². The smallest absolute Gasteiger partial charge is 0.244 e. The van der Waals surface area contributed by atoms with Crippen LogP contribution in [-0.4, -0.2) is 17.1 Å². The number of hydrogen-bond acceptors (Lipinski definition) is 3. The maximum absolute atomic E-state index is 12.7. The largest absolute Gasteiger partial charge is 0.273 e. The van der Waals surface area contributed by atoms with Gasteiger partial charge in [0.2, 0.25) is 5.91 Å². The van der Waals surface area contributed by atoms with E-state index in [1.54, 1.807) is 18.6 Å². The molecule has 1 fully saturated rings. The zero-order valence-electron chi connectivity index (χ0n) is 14.2. The molecule has 2 aromatic carbocycles. The molecule has 1 saturated carbocycles. The molecular formula is C22H19N3O. The first-order chi connectivity index (χ1) is 12.8. The number of aromatic nitrogens is 1. The van der Waals surface area contributed by atoms with E-state index in [1.165, 1.54) is 11.1 Å². The minimum absolute atomic E-state index is 0.0528. The summed E-state index contributed by atoms with van der Waals surface area (Å²) < 4.78 is 0. The number of nitrogens with zero attached hydrogens (tertiary/aromatic N) is 2. The fourth-order valence-electron chi connectivity index (χ4n) is 3.55. The number of pyridine rings is 1. The third-order valence-corrected chi connectivity index (χ3v) is 4.95. The Labute approximate surface area is 152 Å². The summed E-state index contributed by atoms with van der Waals surface area (Å²) in [6.45, 7) is 0. The molecule has 0 radical (unpaired) electrons. The van der Waals surface area contributed by atoms with E-state index in [-0.39, 0.29) is 17.2 Å². The van der Waals surface area contributed by atoms with Gasteiger partial charge in [0.15, 0.2) is 0 Å². The van der Waals surface area contributed by atoms with Crippen molar-refractivity contribution >= 4 is 12.1 Å². The highest BCUT2D eigenvalue weighted by atomic mass is 16.2. The molecule has 0 bridgehead atoms. The molecule has 26 heavy (non-hydrogen) atoms. The molecule has 0 saturated heterocycles. The highest BCUT2D eigenvalue weighted by molar-refractivity contribution is 5.87. The highest BCUT2D eigenvalue weighted by Gasteiger charge is 2.60. The van der Waals surface area contributed by atoms with Crippen LogP contribution >= 0.6 is 0 Å². The van der Waals surface area contributed by atoms with Crippen molar-refractivity contribution in [2.45, 2.75) is 11.8 Å². The van der Waals surface area contributed by atoms with Crippen LogP contribution in [0.5, 0.6) is 0 Å². The van der Waals surface area contributed by atoms with Crippen molar-refractivity contribution in [1.82, 2.24) is 10.4 Å². The molecule has 1 N–H and O–H groups in total. The number of nitrogens with one attached hydrogen (secondary N) is 1. The molecule has 4 rings (SSSR count). The van der Waals surface area contributed by atoms with Crippen LogP contribution in [0.3, 0.4) is 0 Å². The Morgan fingerprint density at radius 1 is 0.962 bits per heavy atom. The van der Waals surface area contributed by atoms with Gasteiger partial charge in [0.1, 0.15) is 0 Å². The van der Waals surface area contributed by atoms with Gasteiger partial charge in [0.25, 0.3) is 0 Å². The van der Waals surface area contributed by atoms with Gasteiger partial charge >= 0.3 is 0 Å². The molecule has 1 aliphatic rings. The first-order valence-electron chi connectivity index (χ1n) is 8.65. The van der Waals surface area contributed by atoms with E-state index < -0.39 is 0 Å². The van der Waals surface area contributed by atoms with Gasteiger partial charge in [-0.3, -0.25) is 9.78 Å². The molecule has 1 atom stereocenters. The van der Waals surface area contributed by atoms with Crippen molar-refractivity contribution in [3.8, 4) is 0 Å². The van der Waals surface area contributed by atoms with Gasteiger partial charge in [-0.25, -0.2) is 5.43 Å². The summed E-state index contributed by atoms with van der Waals surface area (Å²) in [7, 11) is 0. The van der Waals surface area contributed by atoms with Crippen molar-refractivity contribution in [3.05, 3.63) is 102 Å². The fraction of sp³-hybridized carbons (Fsp3) is 0.136.